The van der Waals surface area contributed by atoms with Gasteiger partial charge in [0.25, 0.3) is 0 Å². The number of nitrogens with two attached hydrogens (primary N) is 1. The Balaban J connectivity index is 2.15. The predicted molar refractivity (Wildman–Crippen MR) is 83.2 cm³/mol. The van der Waals surface area contributed by atoms with E-state index >= 15 is 0 Å². The fraction of sp³-hybridized carbons (Fsp3) is 0.643. The van der Waals surface area contributed by atoms with Gasteiger partial charge in [-0.3, -0.25) is 0 Å². The third-order valence-corrected chi connectivity index (χ3v) is 4.51. The molecule has 4 nitrogen and oxygen atoms in total. The molecule has 1 unspecified atom stereocenters. The molecular formula is C14H23N3OS. The van der Waals surface area contributed by atoms with Crippen LogP contribution in [0.15, 0.2) is 12.1 Å². The first-order valence-electron chi connectivity index (χ1n) is 6.90. The van der Waals surface area contributed by atoms with Crippen molar-refractivity contribution >= 4 is 23.3 Å². The minimum absolute atomic E-state index is 0.0883. The minimum Gasteiger partial charge on any atom is -0.473 e. The highest BCUT2D eigenvalue weighted by atomic mass is 32.2. The van der Waals surface area contributed by atoms with Crippen LogP contribution in [0, 0.1) is 0 Å². The van der Waals surface area contributed by atoms with E-state index in [-0.39, 0.29) is 6.10 Å². The summed E-state index contributed by atoms with van der Waals surface area (Å²) in [4.78, 5) is 6.90. The first kappa shape index (κ1) is 14.3. The average Bonchev–Trinajstić information content (AvgIpc) is 2.41. The molecule has 1 fully saturated rings. The Hall–Kier alpha value is -1.10. The van der Waals surface area contributed by atoms with Crippen molar-refractivity contribution < 1.29 is 4.74 Å². The van der Waals surface area contributed by atoms with Gasteiger partial charge in [0.2, 0.25) is 5.88 Å². The van der Waals surface area contributed by atoms with E-state index in [0.29, 0.717) is 16.8 Å². The van der Waals surface area contributed by atoms with Gasteiger partial charge in [-0.05, 0) is 32.4 Å². The zero-order valence-electron chi connectivity index (χ0n) is 11.9. The number of aromatic nitrogens is 1. The molecule has 1 aliphatic rings. The van der Waals surface area contributed by atoms with E-state index in [1.54, 1.807) is 0 Å². The number of anilines is 2. The summed E-state index contributed by atoms with van der Waals surface area (Å²) in [6, 6.07) is 3.88. The van der Waals surface area contributed by atoms with Crippen molar-refractivity contribution in [2.45, 2.75) is 38.5 Å². The Morgan fingerprint density at radius 2 is 2.32 bits per heavy atom. The van der Waals surface area contributed by atoms with E-state index in [4.69, 9.17) is 10.5 Å². The molecule has 1 aromatic heterocycles. The number of ether oxygens (including phenoxy) is 1. The highest BCUT2D eigenvalue weighted by Crippen LogP contribution is 2.28. The first-order valence-corrected chi connectivity index (χ1v) is 7.94. The monoisotopic (exact) mass is 281 g/mol. The smallest absolute Gasteiger partial charge is 0.239 e. The molecule has 19 heavy (non-hydrogen) atoms. The number of rotatable bonds is 4. The van der Waals surface area contributed by atoms with Crippen molar-refractivity contribution in [1.29, 1.82) is 0 Å². The summed E-state index contributed by atoms with van der Waals surface area (Å²) in [7, 11) is 0. The van der Waals surface area contributed by atoms with E-state index in [2.05, 4.69) is 28.6 Å². The summed E-state index contributed by atoms with van der Waals surface area (Å²) in [5.41, 5.74) is 6.52. The van der Waals surface area contributed by atoms with Crippen molar-refractivity contribution in [2.75, 3.05) is 29.5 Å². The summed E-state index contributed by atoms with van der Waals surface area (Å²) in [6.45, 7) is 8.31. The van der Waals surface area contributed by atoms with Gasteiger partial charge in [0, 0.05) is 24.1 Å². The zero-order chi connectivity index (χ0) is 13.8. The maximum atomic E-state index is 5.91. The van der Waals surface area contributed by atoms with Crippen molar-refractivity contribution in [1.82, 2.24) is 4.98 Å². The summed E-state index contributed by atoms with van der Waals surface area (Å²) in [5.74, 6) is 2.69. The van der Waals surface area contributed by atoms with Gasteiger partial charge in [0.1, 0.15) is 5.82 Å². The van der Waals surface area contributed by atoms with Gasteiger partial charge in [-0.15, -0.1) is 0 Å². The van der Waals surface area contributed by atoms with Crippen LogP contribution in [0.5, 0.6) is 5.88 Å². The number of nitrogens with zero attached hydrogens (tertiary/aromatic N) is 2. The van der Waals surface area contributed by atoms with Crippen molar-refractivity contribution in [3.63, 3.8) is 0 Å². The fourth-order valence-electron chi connectivity index (χ4n) is 2.11. The Bertz CT molecular complexity index is 425. The molecule has 2 N–H and O–H groups in total. The lowest BCUT2D eigenvalue weighted by Gasteiger charge is -2.33. The highest BCUT2D eigenvalue weighted by Gasteiger charge is 2.20. The Kier molecular flexibility index (Phi) is 4.80. The minimum atomic E-state index is 0.0883. The molecule has 2 heterocycles. The lowest BCUT2D eigenvalue weighted by Crippen LogP contribution is -2.38. The average molecular weight is 281 g/mol. The van der Waals surface area contributed by atoms with Crippen LogP contribution < -0.4 is 15.4 Å². The molecule has 0 amide bonds. The standard InChI is InChI=1S/C14H23N3OS/c1-4-11-9-17(7-8-19-11)13-6-5-12(15)14(16-13)18-10(2)3/h5-6,10-11H,4,7-9,15H2,1-3H3. The molecule has 1 aromatic rings. The second kappa shape index (κ2) is 6.37. The van der Waals surface area contributed by atoms with Crippen LogP contribution in [-0.4, -0.2) is 35.2 Å². The molecule has 1 aliphatic heterocycles. The number of pyridine rings is 1. The molecule has 0 radical (unpaired) electrons. The Labute approximate surface area is 119 Å². The molecule has 5 heteroatoms. The molecule has 1 atom stereocenters. The fourth-order valence-corrected chi connectivity index (χ4v) is 3.29. The molecule has 1 saturated heterocycles. The van der Waals surface area contributed by atoms with E-state index in [0.717, 1.165) is 24.7 Å². The zero-order valence-corrected chi connectivity index (χ0v) is 12.7. The van der Waals surface area contributed by atoms with Crippen LogP contribution in [0.2, 0.25) is 0 Å². The van der Waals surface area contributed by atoms with Crippen LogP contribution in [0.3, 0.4) is 0 Å². The maximum absolute atomic E-state index is 5.91. The maximum Gasteiger partial charge on any atom is 0.239 e. The van der Waals surface area contributed by atoms with Gasteiger partial charge in [0.15, 0.2) is 0 Å². The number of nitrogen functional groups attached to an aromatic ring is 1. The summed E-state index contributed by atoms with van der Waals surface area (Å²) < 4.78 is 5.66. The van der Waals surface area contributed by atoms with E-state index in [9.17, 15) is 0 Å². The molecule has 0 aromatic carbocycles. The van der Waals surface area contributed by atoms with Gasteiger partial charge >= 0.3 is 0 Å². The highest BCUT2D eigenvalue weighted by molar-refractivity contribution is 8.00. The summed E-state index contributed by atoms with van der Waals surface area (Å²) in [5, 5.41) is 0.697. The quantitative estimate of drug-likeness (QED) is 0.919. The lowest BCUT2D eigenvalue weighted by atomic mass is 10.3. The van der Waals surface area contributed by atoms with Crippen molar-refractivity contribution in [3.8, 4) is 5.88 Å². The Morgan fingerprint density at radius 3 is 3.00 bits per heavy atom. The van der Waals surface area contributed by atoms with Gasteiger partial charge < -0.3 is 15.4 Å². The molecular weight excluding hydrogens is 258 g/mol. The van der Waals surface area contributed by atoms with Gasteiger partial charge in [0.05, 0.1) is 11.8 Å². The van der Waals surface area contributed by atoms with E-state index in [1.165, 1.54) is 6.42 Å². The molecule has 106 valence electrons. The van der Waals surface area contributed by atoms with Crippen LogP contribution in [0.25, 0.3) is 0 Å². The Morgan fingerprint density at radius 1 is 1.53 bits per heavy atom. The third kappa shape index (κ3) is 3.69. The van der Waals surface area contributed by atoms with Crippen LogP contribution in [0.4, 0.5) is 11.5 Å². The van der Waals surface area contributed by atoms with E-state index in [1.807, 2.05) is 26.0 Å². The van der Waals surface area contributed by atoms with Crippen LogP contribution in [0.1, 0.15) is 27.2 Å². The normalized spacial score (nSPS) is 19.8. The van der Waals surface area contributed by atoms with Crippen LogP contribution in [-0.2, 0) is 0 Å². The summed E-state index contributed by atoms with van der Waals surface area (Å²) in [6.07, 6.45) is 1.29. The van der Waals surface area contributed by atoms with Crippen LogP contribution >= 0.6 is 11.8 Å². The topological polar surface area (TPSA) is 51.4 Å². The largest absolute Gasteiger partial charge is 0.473 e. The van der Waals surface area contributed by atoms with Gasteiger partial charge in [-0.1, -0.05) is 6.92 Å². The molecule has 0 bridgehead atoms. The van der Waals surface area contributed by atoms with Crippen molar-refractivity contribution in [3.05, 3.63) is 12.1 Å². The van der Waals surface area contributed by atoms with Gasteiger partial charge in [-0.25, -0.2) is 0 Å². The second-order valence-electron chi connectivity index (χ2n) is 5.08. The molecule has 0 spiro atoms. The second-order valence-corrected chi connectivity index (χ2v) is 6.49. The first-order chi connectivity index (χ1) is 9.10. The van der Waals surface area contributed by atoms with Crippen molar-refractivity contribution in [2.24, 2.45) is 0 Å². The molecule has 0 saturated carbocycles. The van der Waals surface area contributed by atoms with E-state index < -0.39 is 0 Å². The summed E-state index contributed by atoms with van der Waals surface area (Å²) >= 11 is 2.05. The molecule has 2 rings (SSSR count). The number of hydrogen-bond donors (Lipinski definition) is 1. The lowest BCUT2D eigenvalue weighted by molar-refractivity contribution is 0.234. The van der Waals surface area contributed by atoms with Gasteiger partial charge in [-0.2, -0.15) is 16.7 Å². The molecule has 0 aliphatic carbocycles. The number of thioether (sulfide) groups is 1. The number of hydrogen-bond acceptors (Lipinski definition) is 5. The SMILES string of the molecule is CCC1CN(c2ccc(N)c(OC(C)C)n2)CCS1. The third-order valence-electron chi connectivity index (χ3n) is 3.14. The predicted octanol–water partition coefficient (Wildman–Crippen LogP) is 2.78.